The zero-order chi connectivity index (χ0) is 20.9. The normalized spacial score (nSPS) is 11.0. The van der Waals surface area contributed by atoms with Crippen molar-refractivity contribution in [1.82, 2.24) is 4.90 Å². The Labute approximate surface area is 161 Å². The highest BCUT2D eigenvalue weighted by molar-refractivity contribution is 7.92. The highest BCUT2D eigenvalue weighted by atomic mass is 32.2. The third-order valence-electron chi connectivity index (χ3n) is 3.64. The van der Waals surface area contributed by atoms with Crippen molar-refractivity contribution in [3.8, 4) is 0 Å². The van der Waals surface area contributed by atoms with E-state index in [1.165, 1.54) is 30.3 Å². The summed E-state index contributed by atoms with van der Waals surface area (Å²) >= 11 is 0. The first kappa shape index (κ1) is 21.3. The van der Waals surface area contributed by atoms with Gasteiger partial charge in [0.1, 0.15) is 23.9 Å². The summed E-state index contributed by atoms with van der Waals surface area (Å²) in [5.41, 5.74) is -0.238. The first-order valence-corrected chi connectivity index (χ1v) is 10.1. The summed E-state index contributed by atoms with van der Waals surface area (Å²) in [6.45, 7) is 1.34. The SMILES string of the molecule is CCN(CC(=O)Nc1c(F)cccc1F)C(=O)c1cccc(NS(C)(=O)=O)c1. The van der Waals surface area contributed by atoms with Gasteiger partial charge in [0.2, 0.25) is 15.9 Å². The number of anilines is 2. The summed E-state index contributed by atoms with van der Waals surface area (Å²) in [4.78, 5) is 25.9. The monoisotopic (exact) mass is 411 g/mol. The van der Waals surface area contributed by atoms with Gasteiger partial charge in [0.05, 0.1) is 6.26 Å². The Kier molecular flexibility index (Phi) is 6.68. The fourth-order valence-electron chi connectivity index (χ4n) is 2.41. The number of likely N-dealkylation sites (N-methyl/N-ethyl adjacent to an activating group) is 1. The van der Waals surface area contributed by atoms with Crippen LogP contribution in [0, 0.1) is 11.6 Å². The Morgan fingerprint density at radius 2 is 1.68 bits per heavy atom. The molecule has 2 aromatic rings. The minimum atomic E-state index is -3.52. The van der Waals surface area contributed by atoms with Crippen LogP contribution in [0.15, 0.2) is 42.5 Å². The summed E-state index contributed by atoms with van der Waals surface area (Å²) in [5, 5.41) is 2.12. The third kappa shape index (κ3) is 5.74. The van der Waals surface area contributed by atoms with Crippen LogP contribution in [-0.2, 0) is 14.8 Å². The number of amides is 2. The maximum Gasteiger partial charge on any atom is 0.254 e. The Bertz CT molecular complexity index is 976. The van der Waals surface area contributed by atoms with E-state index in [1.54, 1.807) is 6.92 Å². The number of carbonyl (C=O) groups excluding carboxylic acids is 2. The van der Waals surface area contributed by atoms with Gasteiger partial charge in [-0.05, 0) is 37.3 Å². The van der Waals surface area contributed by atoms with Gasteiger partial charge in [-0.3, -0.25) is 14.3 Å². The lowest BCUT2D eigenvalue weighted by Gasteiger charge is -2.21. The molecule has 0 atom stereocenters. The number of benzene rings is 2. The average molecular weight is 411 g/mol. The third-order valence-corrected chi connectivity index (χ3v) is 4.25. The van der Waals surface area contributed by atoms with Crippen molar-refractivity contribution in [3.05, 3.63) is 59.7 Å². The highest BCUT2D eigenvalue weighted by Gasteiger charge is 2.20. The number of sulfonamides is 1. The van der Waals surface area contributed by atoms with Crippen LogP contribution in [0.3, 0.4) is 0 Å². The van der Waals surface area contributed by atoms with Crippen LogP contribution < -0.4 is 10.0 Å². The van der Waals surface area contributed by atoms with Gasteiger partial charge in [0, 0.05) is 17.8 Å². The summed E-state index contributed by atoms with van der Waals surface area (Å²) in [5.74, 6) is -3.17. The summed E-state index contributed by atoms with van der Waals surface area (Å²) in [7, 11) is -3.52. The summed E-state index contributed by atoms with van der Waals surface area (Å²) < 4.78 is 52.2. The van der Waals surface area contributed by atoms with Crippen molar-refractivity contribution in [1.29, 1.82) is 0 Å². The van der Waals surface area contributed by atoms with Crippen LogP contribution in [0.5, 0.6) is 0 Å². The van der Waals surface area contributed by atoms with Gasteiger partial charge in [-0.2, -0.15) is 0 Å². The number of para-hydroxylation sites is 1. The van der Waals surface area contributed by atoms with Crippen LogP contribution in [-0.4, -0.2) is 44.5 Å². The van der Waals surface area contributed by atoms with E-state index in [-0.39, 0.29) is 17.8 Å². The minimum Gasteiger partial charge on any atom is -0.330 e. The Balaban J connectivity index is 2.13. The number of carbonyl (C=O) groups is 2. The van der Waals surface area contributed by atoms with E-state index < -0.39 is 45.7 Å². The van der Waals surface area contributed by atoms with E-state index >= 15 is 0 Å². The molecule has 0 heterocycles. The van der Waals surface area contributed by atoms with Crippen molar-refractivity contribution in [2.75, 3.05) is 29.4 Å². The van der Waals surface area contributed by atoms with Gasteiger partial charge >= 0.3 is 0 Å². The molecule has 2 N–H and O–H groups in total. The van der Waals surface area contributed by atoms with Crippen LogP contribution in [0.4, 0.5) is 20.2 Å². The molecule has 2 amide bonds. The van der Waals surface area contributed by atoms with Crippen molar-refractivity contribution in [2.24, 2.45) is 0 Å². The van der Waals surface area contributed by atoms with E-state index in [0.29, 0.717) is 0 Å². The molecule has 2 aromatic carbocycles. The summed E-state index contributed by atoms with van der Waals surface area (Å²) in [6, 6.07) is 8.93. The van der Waals surface area contributed by atoms with Crippen LogP contribution in [0.25, 0.3) is 0 Å². The Morgan fingerprint density at radius 1 is 1.07 bits per heavy atom. The zero-order valence-electron chi connectivity index (χ0n) is 15.2. The standard InChI is InChI=1S/C18H19F2N3O4S/c1-3-23(11-16(24)21-17-14(19)8-5-9-15(17)20)18(25)12-6-4-7-13(10-12)22-28(2,26)27/h4-10,22H,3,11H2,1-2H3,(H,21,24). The Hall–Kier alpha value is -3.01. The van der Waals surface area contributed by atoms with Gasteiger partial charge < -0.3 is 10.2 Å². The zero-order valence-corrected chi connectivity index (χ0v) is 16.0. The molecule has 0 radical (unpaired) electrons. The second-order valence-electron chi connectivity index (χ2n) is 5.92. The topological polar surface area (TPSA) is 95.6 Å². The maximum atomic E-state index is 13.6. The van der Waals surface area contributed by atoms with Crippen molar-refractivity contribution >= 4 is 33.2 Å². The molecule has 7 nitrogen and oxygen atoms in total. The average Bonchev–Trinajstić information content (AvgIpc) is 2.61. The Morgan fingerprint density at radius 3 is 2.25 bits per heavy atom. The number of rotatable bonds is 7. The molecule has 28 heavy (non-hydrogen) atoms. The lowest BCUT2D eigenvalue weighted by Crippen LogP contribution is -2.38. The number of nitrogens with zero attached hydrogens (tertiary/aromatic N) is 1. The molecular formula is C18H19F2N3O4S. The molecule has 10 heteroatoms. The fraction of sp³-hybridized carbons (Fsp3) is 0.222. The molecule has 0 unspecified atom stereocenters. The van der Waals surface area contributed by atoms with Gasteiger partial charge in [-0.25, -0.2) is 17.2 Å². The largest absolute Gasteiger partial charge is 0.330 e. The van der Waals surface area contributed by atoms with Gasteiger partial charge in [-0.1, -0.05) is 12.1 Å². The van der Waals surface area contributed by atoms with Crippen molar-refractivity contribution in [3.63, 3.8) is 0 Å². The minimum absolute atomic E-state index is 0.149. The number of nitrogens with one attached hydrogen (secondary N) is 2. The van der Waals surface area contributed by atoms with E-state index in [2.05, 4.69) is 10.0 Å². The molecule has 0 bridgehead atoms. The summed E-state index contributed by atoms with van der Waals surface area (Å²) in [6.07, 6.45) is 0.978. The lowest BCUT2D eigenvalue weighted by atomic mass is 10.1. The quantitative estimate of drug-likeness (QED) is 0.732. The molecule has 0 aliphatic rings. The number of hydrogen-bond acceptors (Lipinski definition) is 4. The molecule has 2 rings (SSSR count). The smallest absolute Gasteiger partial charge is 0.254 e. The molecule has 0 aliphatic carbocycles. The lowest BCUT2D eigenvalue weighted by molar-refractivity contribution is -0.116. The maximum absolute atomic E-state index is 13.6. The van der Waals surface area contributed by atoms with Crippen LogP contribution >= 0.6 is 0 Å². The van der Waals surface area contributed by atoms with Crippen LogP contribution in [0.1, 0.15) is 17.3 Å². The van der Waals surface area contributed by atoms with Gasteiger partial charge in [0.15, 0.2) is 0 Å². The van der Waals surface area contributed by atoms with E-state index in [9.17, 15) is 26.8 Å². The second kappa shape index (κ2) is 8.79. The molecular weight excluding hydrogens is 392 g/mol. The number of hydrogen-bond donors (Lipinski definition) is 2. The first-order chi connectivity index (χ1) is 13.1. The molecule has 0 aromatic heterocycles. The van der Waals surface area contributed by atoms with Gasteiger partial charge in [0.25, 0.3) is 5.91 Å². The fourth-order valence-corrected chi connectivity index (χ4v) is 2.96. The molecule has 0 spiro atoms. The van der Waals surface area contributed by atoms with Crippen molar-refractivity contribution < 1.29 is 26.8 Å². The van der Waals surface area contributed by atoms with Crippen LogP contribution in [0.2, 0.25) is 0 Å². The van der Waals surface area contributed by atoms with E-state index in [4.69, 9.17) is 0 Å². The first-order valence-electron chi connectivity index (χ1n) is 8.21. The predicted molar refractivity (Wildman–Crippen MR) is 101 cm³/mol. The highest BCUT2D eigenvalue weighted by Crippen LogP contribution is 2.18. The molecule has 0 fully saturated rings. The van der Waals surface area contributed by atoms with E-state index in [1.807, 2.05) is 0 Å². The molecule has 0 aliphatic heterocycles. The van der Waals surface area contributed by atoms with E-state index in [0.717, 1.165) is 23.3 Å². The molecule has 150 valence electrons. The second-order valence-corrected chi connectivity index (χ2v) is 7.67. The van der Waals surface area contributed by atoms with Crippen molar-refractivity contribution in [2.45, 2.75) is 6.92 Å². The number of halogens is 2. The van der Waals surface area contributed by atoms with Gasteiger partial charge in [-0.15, -0.1) is 0 Å². The molecule has 0 saturated carbocycles. The molecule has 0 saturated heterocycles. The predicted octanol–water partition coefficient (Wildman–Crippen LogP) is 2.44.